The van der Waals surface area contributed by atoms with Crippen molar-refractivity contribution < 1.29 is 9.59 Å². The Hall–Kier alpha value is -2.14. The summed E-state index contributed by atoms with van der Waals surface area (Å²) in [5, 5.41) is 7.93. The highest BCUT2D eigenvalue weighted by Gasteiger charge is 2.15. The van der Waals surface area contributed by atoms with Crippen LogP contribution in [-0.4, -0.2) is 11.8 Å². The van der Waals surface area contributed by atoms with Gasteiger partial charge in [-0.25, -0.2) is 0 Å². The van der Waals surface area contributed by atoms with Crippen LogP contribution in [0.15, 0.2) is 35.7 Å². The van der Waals surface area contributed by atoms with Crippen molar-refractivity contribution >= 4 is 28.8 Å². The van der Waals surface area contributed by atoms with Gasteiger partial charge in [-0.05, 0) is 60.4 Å². The van der Waals surface area contributed by atoms with Crippen LogP contribution in [0, 0.1) is 0 Å². The third-order valence-corrected chi connectivity index (χ3v) is 5.58. The molecule has 1 aromatic carbocycles. The molecule has 4 nitrogen and oxygen atoms in total. The van der Waals surface area contributed by atoms with Crippen molar-refractivity contribution in [3.63, 3.8) is 0 Å². The smallest absolute Gasteiger partial charge is 0.224 e. The number of hydrogen-bond donors (Lipinski definition) is 2. The average Bonchev–Trinajstić information content (AvgIpc) is 3.29. The third-order valence-electron chi connectivity index (χ3n) is 4.59. The molecule has 1 unspecified atom stereocenters. The van der Waals surface area contributed by atoms with E-state index in [1.54, 1.807) is 11.3 Å². The van der Waals surface area contributed by atoms with Crippen molar-refractivity contribution in [1.82, 2.24) is 5.32 Å². The fourth-order valence-electron chi connectivity index (χ4n) is 3.23. The number of rotatable bonds is 7. The Balaban J connectivity index is 1.46. The molecule has 132 valence electrons. The second kappa shape index (κ2) is 8.30. The van der Waals surface area contributed by atoms with E-state index in [0.717, 1.165) is 29.8 Å². The van der Waals surface area contributed by atoms with Gasteiger partial charge in [0.15, 0.2) is 0 Å². The van der Waals surface area contributed by atoms with Crippen LogP contribution in [0.1, 0.15) is 54.7 Å². The lowest BCUT2D eigenvalue weighted by Crippen LogP contribution is -2.28. The zero-order valence-electron chi connectivity index (χ0n) is 14.5. The molecule has 0 bridgehead atoms. The standard InChI is InChI=1S/C20H24N2O2S/c1-2-17(18-7-4-12-25-18)22-20(24)11-10-19(23)21-16-9-8-14-5-3-6-15(14)13-16/h4,7-9,12-13,17H,2-3,5-6,10-11H2,1H3,(H,21,23)(H,22,24). The maximum absolute atomic E-state index is 12.1. The van der Waals surface area contributed by atoms with Gasteiger partial charge in [0.2, 0.25) is 11.8 Å². The van der Waals surface area contributed by atoms with Crippen molar-refractivity contribution in [3.8, 4) is 0 Å². The molecule has 0 fully saturated rings. The Labute approximate surface area is 152 Å². The largest absolute Gasteiger partial charge is 0.348 e. The molecule has 1 aliphatic rings. The number of anilines is 1. The lowest BCUT2D eigenvalue weighted by molar-refractivity contribution is -0.124. The van der Waals surface area contributed by atoms with Crippen LogP contribution in [0.5, 0.6) is 0 Å². The molecule has 2 aromatic rings. The third kappa shape index (κ3) is 4.69. The Morgan fingerprint density at radius 2 is 1.92 bits per heavy atom. The minimum absolute atomic E-state index is 0.0345. The molecular weight excluding hydrogens is 332 g/mol. The SMILES string of the molecule is CCC(NC(=O)CCC(=O)Nc1ccc2c(c1)CCC2)c1cccs1. The van der Waals surface area contributed by atoms with E-state index >= 15 is 0 Å². The molecule has 0 saturated carbocycles. The predicted octanol–water partition coefficient (Wildman–Crippen LogP) is 4.22. The van der Waals surface area contributed by atoms with Gasteiger partial charge in [0.25, 0.3) is 0 Å². The first-order chi connectivity index (χ1) is 12.2. The number of fused-ring (bicyclic) bond motifs is 1. The number of carbonyl (C=O) groups is 2. The van der Waals surface area contributed by atoms with Crippen molar-refractivity contribution in [2.24, 2.45) is 0 Å². The van der Waals surface area contributed by atoms with Gasteiger partial charge in [-0.15, -0.1) is 11.3 Å². The Kier molecular flexibility index (Phi) is 5.87. The summed E-state index contributed by atoms with van der Waals surface area (Å²) in [4.78, 5) is 25.4. The maximum atomic E-state index is 12.1. The molecule has 2 amide bonds. The van der Waals surface area contributed by atoms with Gasteiger partial charge in [-0.2, -0.15) is 0 Å². The highest BCUT2D eigenvalue weighted by Crippen LogP contribution is 2.25. The summed E-state index contributed by atoms with van der Waals surface area (Å²) >= 11 is 1.64. The molecule has 3 rings (SSSR count). The van der Waals surface area contributed by atoms with Crippen LogP contribution in [0.25, 0.3) is 0 Å². The number of hydrogen-bond acceptors (Lipinski definition) is 3. The highest BCUT2D eigenvalue weighted by molar-refractivity contribution is 7.10. The molecule has 0 radical (unpaired) electrons. The molecule has 0 saturated heterocycles. The van der Waals surface area contributed by atoms with Crippen LogP contribution in [0.4, 0.5) is 5.69 Å². The molecule has 0 spiro atoms. The molecule has 5 heteroatoms. The zero-order valence-corrected chi connectivity index (χ0v) is 15.3. The van der Waals surface area contributed by atoms with Gasteiger partial charge >= 0.3 is 0 Å². The minimum Gasteiger partial charge on any atom is -0.348 e. The number of carbonyl (C=O) groups excluding carboxylic acids is 2. The van der Waals surface area contributed by atoms with E-state index < -0.39 is 0 Å². The first-order valence-electron chi connectivity index (χ1n) is 8.90. The maximum Gasteiger partial charge on any atom is 0.224 e. The van der Waals surface area contributed by atoms with Crippen LogP contribution < -0.4 is 10.6 Å². The molecule has 1 heterocycles. The van der Waals surface area contributed by atoms with E-state index in [1.807, 2.05) is 30.5 Å². The first-order valence-corrected chi connectivity index (χ1v) is 9.78. The van der Waals surface area contributed by atoms with Gasteiger partial charge in [0, 0.05) is 23.4 Å². The van der Waals surface area contributed by atoms with Gasteiger partial charge in [0.05, 0.1) is 6.04 Å². The Morgan fingerprint density at radius 1 is 1.12 bits per heavy atom. The van der Waals surface area contributed by atoms with Gasteiger partial charge in [0.1, 0.15) is 0 Å². The number of nitrogens with one attached hydrogen (secondary N) is 2. The van der Waals surface area contributed by atoms with Crippen LogP contribution in [0.3, 0.4) is 0 Å². The van der Waals surface area contributed by atoms with Crippen molar-refractivity contribution in [3.05, 3.63) is 51.7 Å². The quantitative estimate of drug-likeness (QED) is 0.780. The topological polar surface area (TPSA) is 58.2 Å². The lowest BCUT2D eigenvalue weighted by Gasteiger charge is -2.15. The Bertz CT molecular complexity index is 740. The van der Waals surface area contributed by atoms with Crippen LogP contribution in [-0.2, 0) is 22.4 Å². The zero-order chi connectivity index (χ0) is 17.6. The summed E-state index contributed by atoms with van der Waals surface area (Å²) in [7, 11) is 0. The minimum atomic E-state index is -0.114. The Morgan fingerprint density at radius 3 is 2.68 bits per heavy atom. The highest BCUT2D eigenvalue weighted by atomic mass is 32.1. The monoisotopic (exact) mass is 356 g/mol. The lowest BCUT2D eigenvalue weighted by atomic mass is 10.1. The van der Waals surface area contributed by atoms with Gasteiger partial charge < -0.3 is 10.6 Å². The average molecular weight is 356 g/mol. The molecule has 1 atom stereocenters. The molecule has 25 heavy (non-hydrogen) atoms. The number of benzene rings is 1. The number of amides is 2. The van der Waals surface area contributed by atoms with Crippen LogP contribution >= 0.6 is 11.3 Å². The molecule has 1 aliphatic carbocycles. The number of thiophene rings is 1. The van der Waals surface area contributed by atoms with E-state index in [4.69, 9.17) is 0 Å². The molecule has 0 aliphatic heterocycles. The molecule has 2 N–H and O–H groups in total. The first kappa shape index (κ1) is 17.7. The van der Waals surface area contributed by atoms with Crippen LogP contribution in [0.2, 0.25) is 0 Å². The van der Waals surface area contributed by atoms with E-state index in [2.05, 4.69) is 22.8 Å². The molecule has 1 aromatic heterocycles. The van der Waals surface area contributed by atoms with Crippen molar-refractivity contribution in [2.75, 3.05) is 5.32 Å². The second-order valence-electron chi connectivity index (χ2n) is 6.43. The summed E-state index contributed by atoms with van der Waals surface area (Å²) in [6.45, 7) is 2.05. The van der Waals surface area contributed by atoms with Crippen molar-refractivity contribution in [1.29, 1.82) is 0 Å². The summed E-state index contributed by atoms with van der Waals surface area (Å²) in [5.41, 5.74) is 3.55. The summed E-state index contributed by atoms with van der Waals surface area (Å²) in [5.74, 6) is -0.193. The second-order valence-corrected chi connectivity index (χ2v) is 7.41. The summed E-state index contributed by atoms with van der Waals surface area (Å²) < 4.78 is 0. The van der Waals surface area contributed by atoms with E-state index in [-0.39, 0.29) is 30.7 Å². The predicted molar refractivity (Wildman–Crippen MR) is 102 cm³/mol. The number of aryl methyl sites for hydroxylation is 2. The van der Waals surface area contributed by atoms with E-state index in [9.17, 15) is 9.59 Å². The fourth-order valence-corrected chi connectivity index (χ4v) is 4.09. The summed E-state index contributed by atoms with van der Waals surface area (Å²) in [6, 6.07) is 10.2. The normalized spacial score (nSPS) is 14.0. The van der Waals surface area contributed by atoms with Gasteiger partial charge in [-0.1, -0.05) is 19.1 Å². The molecular formula is C20H24N2O2S. The fraction of sp³-hybridized carbons (Fsp3) is 0.400. The van der Waals surface area contributed by atoms with Crippen molar-refractivity contribution in [2.45, 2.75) is 51.5 Å². The van der Waals surface area contributed by atoms with E-state index in [1.165, 1.54) is 17.5 Å². The summed E-state index contributed by atoms with van der Waals surface area (Å²) in [6.07, 6.45) is 4.65. The van der Waals surface area contributed by atoms with E-state index in [0.29, 0.717) is 0 Å². The van der Waals surface area contributed by atoms with Gasteiger partial charge in [-0.3, -0.25) is 9.59 Å².